The van der Waals surface area contributed by atoms with Crippen molar-refractivity contribution in [3.05, 3.63) is 11.7 Å². The second-order valence-electron chi connectivity index (χ2n) is 5.55. The fourth-order valence-corrected chi connectivity index (χ4v) is 2.66. The van der Waals surface area contributed by atoms with Gasteiger partial charge in [-0.3, -0.25) is 0 Å². The van der Waals surface area contributed by atoms with Gasteiger partial charge in [-0.1, -0.05) is 5.16 Å². The first-order valence-electron chi connectivity index (χ1n) is 7.00. The van der Waals surface area contributed by atoms with Gasteiger partial charge < -0.3 is 15.0 Å². The van der Waals surface area contributed by atoms with E-state index >= 15 is 0 Å². The van der Waals surface area contributed by atoms with Crippen molar-refractivity contribution in [2.75, 3.05) is 6.61 Å². The van der Waals surface area contributed by atoms with Gasteiger partial charge in [-0.2, -0.15) is 4.98 Å². The highest BCUT2D eigenvalue weighted by atomic mass is 16.5. The highest BCUT2D eigenvalue weighted by Crippen LogP contribution is 2.36. The Bertz CT molecular complexity index is 395. The highest BCUT2D eigenvalue weighted by Gasteiger charge is 2.38. The minimum Gasteiger partial charge on any atom is -0.378 e. The molecule has 5 heteroatoms. The van der Waals surface area contributed by atoms with E-state index in [9.17, 15) is 0 Å². The van der Waals surface area contributed by atoms with Crippen LogP contribution in [-0.4, -0.2) is 22.9 Å². The SMILES string of the molecule is NC1(c2noc(CCC3CCCCO3)n2)CCC1. The highest BCUT2D eigenvalue weighted by molar-refractivity contribution is 5.08. The molecule has 0 radical (unpaired) electrons. The second-order valence-corrected chi connectivity index (χ2v) is 5.55. The molecule has 1 aromatic rings. The van der Waals surface area contributed by atoms with Crippen LogP contribution in [0.25, 0.3) is 0 Å². The molecule has 0 bridgehead atoms. The van der Waals surface area contributed by atoms with E-state index in [1.54, 1.807) is 0 Å². The number of aryl methyl sites for hydroxylation is 1. The summed E-state index contributed by atoms with van der Waals surface area (Å²) in [6.45, 7) is 0.895. The van der Waals surface area contributed by atoms with Gasteiger partial charge in [-0.25, -0.2) is 0 Å². The average molecular weight is 251 g/mol. The van der Waals surface area contributed by atoms with Gasteiger partial charge in [0.1, 0.15) is 0 Å². The maximum atomic E-state index is 6.17. The predicted octanol–water partition coefficient (Wildman–Crippen LogP) is 1.91. The summed E-state index contributed by atoms with van der Waals surface area (Å²) in [5.41, 5.74) is 5.85. The number of aromatic nitrogens is 2. The van der Waals surface area contributed by atoms with Crippen LogP contribution in [0.2, 0.25) is 0 Å². The summed E-state index contributed by atoms with van der Waals surface area (Å²) >= 11 is 0. The van der Waals surface area contributed by atoms with Crippen LogP contribution in [0.15, 0.2) is 4.52 Å². The Morgan fingerprint density at radius 1 is 1.28 bits per heavy atom. The van der Waals surface area contributed by atoms with Gasteiger partial charge in [-0.15, -0.1) is 0 Å². The van der Waals surface area contributed by atoms with Crippen LogP contribution in [0.5, 0.6) is 0 Å². The van der Waals surface area contributed by atoms with E-state index in [4.69, 9.17) is 15.0 Å². The van der Waals surface area contributed by atoms with Crippen LogP contribution in [0.1, 0.15) is 56.7 Å². The average Bonchev–Trinajstić information content (AvgIpc) is 2.84. The molecule has 1 saturated carbocycles. The van der Waals surface area contributed by atoms with Crippen molar-refractivity contribution in [3.8, 4) is 0 Å². The van der Waals surface area contributed by atoms with E-state index in [0.717, 1.165) is 45.1 Å². The number of rotatable bonds is 4. The summed E-state index contributed by atoms with van der Waals surface area (Å²) in [6, 6.07) is 0. The van der Waals surface area contributed by atoms with Crippen molar-refractivity contribution in [1.82, 2.24) is 10.1 Å². The molecule has 1 saturated heterocycles. The summed E-state index contributed by atoms with van der Waals surface area (Å²) < 4.78 is 11.0. The van der Waals surface area contributed by atoms with E-state index in [1.165, 1.54) is 12.8 Å². The number of ether oxygens (including phenoxy) is 1. The lowest BCUT2D eigenvalue weighted by molar-refractivity contribution is 0.0104. The van der Waals surface area contributed by atoms with Gasteiger partial charge in [0.15, 0.2) is 5.82 Å². The van der Waals surface area contributed by atoms with Crippen LogP contribution in [0.3, 0.4) is 0 Å². The number of nitrogens with zero attached hydrogens (tertiary/aromatic N) is 2. The first-order chi connectivity index (χ1) is 8.76. The Hall–Kier alpha value is -0.940. The third kappa shape index (κ3) is 2.42. The lowest BCUT2D eigenvalue weighted by Crippen LogP contribution is -2.44. The fourth-order valence-electron chi connectivity index (χ4n) is 2.66. The van der Waals surface area contributed by atoms with Crippen molar-refractivity contribution < 1.29 is 9.26 Å². The molecule has 18 heavy (non-hydrogen) atoms. The van der Waals surface area contributed by atoms with E-state index in [-0.39, 0.29) is 5.54 Å². The van der Waals surface area contributed by atoms with E-state index < -0.39 is 0 Å². The molecule has 5 nitrogen and oxygen atoms in total. The maximum Gasteiger partial charge on any atom is 0.226 e. The van der Waals surface area contributed by atoms with Gasteiger partial charge in [0.05, 0.1) is 11.6 Å². The summed E-state index contributed by atoms with van der Waals surface area (Å²) in [4.78, 5) is 4.43. The van der Waals surface area contributed by atoms with Crippen LogP contribution < -0.4 is 5.73 Å². The Morgan fingerprint density at radius 2 is 2.17 bits per heavy atom. The zero-order valence-electron chi connectivity index (χ0n) is 10.7. The molecule has 3 rings (SSSR count). The zero-order valence-corrected chi connectivity index (χ0v) is 10.7. The molecule has 0 spiro atoms. The number of hydrogen-bond donors (Lipinski definition) is 1. The minimum absolute atomic E-state index is 0.316. The third-order valence-electron chi connectivity index (χ3n) is 4.11. The summed E-state index contributed by atoms with van der Waals surface area (Å²) in [6.07, 6.45) is 8.85. The largest absolute Gasteiger partial charge is 0.378 e. The van der Waals surface area contributed by atoms with Crippen LogP contribution in [0, 0.1) is 0 Å². The molecule has 100 valence electrons. The molecule has 1 unspecified atom stereocenters. The van der Waals surface area contributed by atoms with E-state index in [1.807, 2.05) is 0 Å². The van der Waals surface area contributed by atoms with Crippen molar-refractivity contribution in [2.45, 2.75) is 63.0 Å². The lowest BCUT2D eigenvalue weighted by atomic mass is 9.77. The minimum atomic E-state index is -0.316. The van der Waals surface area contributed by atoms with Gasteiger partial charge in [-0.05, 0) is 44.9 Å². The molecule has 1 atom stereocenters. The van der Waals surface area contributed by atoms with E-state index in [0.29, 0.717) is 17.8 Å². The molecule has 1 aliphatic heterocycles. The Morgan fingerprint density at radius 3 is 2.83 bits per heavy atom. The van der Waals surface area contributed by atoms with Gasteiger partial charge in [0, 0.05) is 13.0 Å². The number of nitrogens with two attached hydrogens (primary N) is 1. The Labute approximate surface area is 107 Å². The Balaban J connectivity index is 1.53. The first kappa shape index (κ1) is 12.1. The van der Waals surface area contributed by atoms with Crippen LogP contribution in [0.4, 0.5) is 0 Å². The molecule has 2 N–H and O–H groups in total. The second kappa shape index (κ2) is 4.97. The molecule has 0 aromatic carbocycles. The monoisotopic (exact) mass is 251 g/mol. The molecule has 2 fully saturated rings. The van der Waals surface area contributed by atoms with Crippen LogP contribution in [-0.2, 0) is 16.7 Å². The van der Waals surface area contributed by atoms with Gasteiger partial charge in [0.2, 0.25) is 5.89 Å². The van der Waals surface area contributed by atoms with Gasteiger partial charge in [0.25, 0.3) is 0 Å². The summed E-state index contributed by atoms with van der Waals surface area (Å²) in [5, 5.41) is 4.02. The topological polar surface area (TPSA) is 74.2 Å². The quantitative estimate of drug-likeness (QED) is 0.884. The van der Waals surface area contributed by atoms with Crippen LogP contribution >= 0.6 is 0 Å². The predicted molar refractivity (Wildman–Crippen MR) is 65.9 cm³/mol. The summed E-state index contributed by atoms with van der Waals surface area (Å²) in [5.74, 6) is 1.39. The van der Waals surface area contributed by atoms with Crippen molar-refractivity contribution >= 4 is 0 Å². The fraction of sp³-hybridized carbons (Fsp3) is 0.846. The molecule has 0 amide bonds. The molecule has 2 aliphatic rings. The lowest BCUT2D eigenvalue weighted by Gasteiger charge is -2.34. The van der Waals surface area contributed by atoms with Gasteiger partial charge >= 0.3 is 0 Å². The first-order valence-corrected chi connectivity index (χ1v) is 7.00. The molecule has 1 aromatic heterocycles. The zero-order chi connectivity index (χ0) is 12.4. The Kier molecular flexibility index (Phi) is 3.35. The smallest absolute Gasteiger partial charge is 0.226 e. The van der Waals surface area contributed by atoms with Crippen molar-refractivity contribution in [3.63, 3.8) is 0 Å². The molecule has 2 heterocycles. The van der Waals surface area contributed by atoms with Crippen molar-refractivity contribution in [2.24, 2.45) is 5.73 Å². The molecular weight excluding hydrogens is 230 g/mol. The van der Waals surface area contributed by atoms with Crippen molar-refractivity contribution in [1.29, 1.82) is 0 Å². The molecule has 1 aliphatic carbocycles. The van der Waals surface area contributed by atoms with E-state index in [2.05, 4.69) is 10.1 Å². The summed E-state index contributed by atoms with van der Waals surface area (Å²) in [7, 11) is 0. The normalized spacial score (nSPS) is 26.8. The third-order valence-corrected chi connectivity index (χ3v) is 4.11. The standard InChI is InChI=1S/C13H21N3O2/c14-13(7-3-8-13)12-15-11(18-16-12)6-5-10-4-1-2-9-17-10/h10H,1-9,14H2. The number of hydrogen-bond acceptors (Lipinski definition) is 5. The maximum absolute atomic E-state index is 6.17. The molecular formula is C13H21N3O2.